The average molecular weight is 247 g/mol. The van der Waals surface area contributed by atoms with Crippen LogP contribution >= 0.6 is 0 Å². The smallest absolute Gasteiger partial charge is 0.0184 e. The highest BCUT2D eigenvalue weighted by atomic mass is 14.5. The zero-order valence-corrected chi connectivity index (χ0v) is 10.8. The summed E-state index contributed by atoms with van der Waals surface area (Å²) in [6.45, 7) is 0.586. The lowest BCUT2D eigenvalue weighted by Gasteiger charge is -2.10. The molecule has 1 heteroatoms. The molecule has 0 amide bonds. The fourth-order valence-electron chi connectivity index (χ4n) is 2.63. The number of hydrogen-bond donors (Lipinski definition) is 1. The van der Waals surface area contributed by atoms with Crippen molar-refractivity contribution >= 4 is 10.8 Å². The van der Waals surface area contributed by atoms with E-state index in [-0.39, 0.29) is 0 Å². The minimum Gasteiger partial charge on any atom is -0.326 e. The van der Waals surface area contributed by atoms with Crippen LogP contribution < -0.4 is 5.73 Å². The van der Waals surface area contributed by atoms with E-state index in [9.17, 15) is 0 Å². The minimum atomic E-state index is 0.586. The lowest BCUT2D eigenvalue weighted by Crippen LogP contribution is -1.99. The molecule has 2 N–H and O–H groups in total. The van der Waals surface area contributed by atoms with Crippen LogP contribution in [0.25, 0.3) is 10.8 Å². The third kappa shape index (κ3) is 2.38. The fourth-order valence-corrected chi connectivity index (χ4v) is 2.63. The number of rotatable bonds is 3. The van der Waals surface area contributed by atoms with Crippen molar-refractivity contribution in [1.82, 2.24) is 0 Å². The maximum Gasteiger partial charge on any atom is 0.0184 e. The average Bonchev–Trinajstić information content (AvgIpc) is 2.48. The highest BCUT2D eigenvalue weighted by Crippen LogP contribution is 2.25. The van der Waals surface area contributed by atoms with Crippen LogP contribution in [-0.2, 0) is 13.0 Å². The van der Waals surface area contributed by atoms with E-state index in [1.54, 1.807) is 0 Å². The topological polar surface area (TPSA) is 26.0 Å². The molecule has 0 heterocycles. The van der Waals surface area contributed by atoms with Crippen molar-refractivity contribution in [3.05, 3.63) is 83.4 Å². The first kappa shape index (κ1) is 11.9. The van der Waals surface area contributed by atoms with Gasteiger partial charge in [-0.2, -0.15) is 0 Å². The summed E-state index contributed by atoms with van der Waals surface area (Å²) in [5.74, 6) is 0. The first-order valence-corrected chi connectivity index (χ1v) is 6.62. The first-order valence-electron chi connectivity index (χ1n) is 6.62. The van der Waals surface area contributed by atoms with Crippen LogP contribution in [0.1, 0.15) is 16.7 Å². The quantitative estimate of drug-likeness (QED) is 0.746. The molecule has 0 aromatic heterocycles. The van der Waals surface area contributed by atoms with Gasteiger partial charge in [-0.15, -0.1) is 0 Å². The van der Waals surface area contributed by atoms with Crippen molar-refractivity contribution in [2.45, 2.75) is 13.0 Å². The second-order valence-corrected chi connectivity index (χ2v) is 4.80. The Morgan fingerprint density at radius 3 is 2.05 bits per heavy atom. The molecular formula is C18H17N. The van der Waals surface area contributed by atoms with Gasteiger partial charge in [0.1, 0.15) is 0 Å². The molecule has 3 aromatic rings. The molecule has 94 valence electrons. The number of hydrogen-bond acceptors (Lipinski definition) is 1. The molecule has 0 aliphatic rings. The molecule has 0 fully saturated rings. The third-order valence-corrected chi connectivity index (χ3v) is 3.53. The molecule has 0 aliphatic heterocycles. The van der Waals surface area contributed by atoms with Crippen LogP contribution in [0, 0.1) is 0 Å². The van der Waals surface area contributed by atoms with E-state index in [1.807, 2.05) is 0 Å². The van der Waals surface area contributed by atoms with Crippen LogP contribution in [0.2, 0.25) is 0 Å². The van der Waals surface area contributed by atoms with E-state index >= 15 is 0 Å². The van der Waals surface area contributed by atoms with E-state index in [1.165, 1.54) is 27.5 Å². The van der Waals surface area contributed by atoms with E-state index in [2.05, 4.69) is 66.7 Å². The van der Waals surface area contributed by atoms with E-state index < -0.39 is 0 Å². The van der Waals surface area contributed by atoms with Crippen LogP contribution in [0.5, 0.6) is 0 Å². The summed E-state index contributed by atoms with van der Waals surface area (Å²) in [7, 11) is 0. The Bertz CT molecular complexity index is 681. The number of benzene rings is 3. The van der Waals surface area contributed by atoms with Crippen molar-refractivity contribution in [1.29, 1.82) is 0 Å². The zero-order valence-electron chi connectivity index (χ0n) is 10.8. The Morgan fingerprint density at radius 2 is 1.37 bits per heavy atom. The van der Waals surface area contributed by atoms with Gasteiger partial charge in [-0.1, -0.05) is 66.7 Å². The molecule has 0 unspecified atom stereocenters. The van der Waals surface area contributed by atoms with Gasteiger partial charge in [0.25, 0.3) is 0 Å². The van der Waals surface area contributed by atoms with Gasteiger partial charge >= 0.3 is 0 Å². The molecule has 0 bridgehead atoms. The lowest BCUT2D eigenvalue weighted by atomic mass is 9.95. The molecule has 0 saturated heterocycles. The van der Waals surface area contributed by atoms with E-state index in [0.29, 0.717) is 6.54 Å². The van der Waals surface area contributed by atoms with Gasteiger partial charge in [0, 0.05) is 6.54 Å². The summed E-state index contributed by atoms with van der Waals surface area (Å²) >= 11 is 0. The SMILES string of the molecule is NCc1cccc2cccc(Cc3ccccc3)c12. The van der Waals surface area contributed by atoms with Gasteiger partial charge in [-0.3, -0.25) is 0 Å². The molecule has 3 rings (SSSR count). The predicted molar refractivity (Wildman–Crippen MR) is 81.1 cm³/mol. The lowest BCUT2D eigenvalue weighted by molar-refractivity contribution is 1.08. The summed E-state index contributed by atoms with van der Waals surface area (Å²) in [5.41, 5.74) is 9.79. The van der Waals surface area contributed by atoms with Crippen molar-refractivity contribution in [2.75, 3.05) is 0 Å². The van der Waals surface area contributed by atoms with Gasteiger partial charge < -0.3 is 5.73 Å². The van der Waals surface area contributed by atoms with Crippen LogP contribution in [0.4, 0.5) is 0 Å². The Morgan fingerprint density at radius 1 is 0.684 bits per heavy atom. The third-order valence-electron chi connectivity index (χ3n) is 3.53. The largest absolute Gasteiger partial charge is 0.326 e. The van der Waals surface area contributed by atoms with Crippen LogP contribution in [0.3, 0.4) is 0 Å². The molecular weight excluding hydrogens is 230 g/mol. The summed E-state index contributed by atoms with van der Waals surface area (Å²) in [6, 6.07) is 23.4. The molecule has 0 spiro atoms. The van der Waals surface area contributed by atoms with Gasteiger partial charge in [-0.25, -0.2) is 0 Å². The fraction of sp³-hybridized carbons (Fsp3) is 0.111. The molecule has 0 aliphatic carbocycles. The van der Waals surface area contributed by atoms with E-state index in [4.69, 9.17) is 5.73 Å². The van der Waals surface area contributed by atoms with Gasteiger partial charge in [0.05, 0.1) is 0 Å². The van der Waals surface area contributed by atoms with E-state index in [0.717, 1.165) is 6.42 Å². The summed E-state index contributed by atoms with van der Waals surface area (Å²) < 4.78 is 0. The molecule has 0 radical (unpaired) electrons. The van der Waals surface area contributed by atoms with Gasteiger partial charge in [-0.05, 0) is 33.9 Å². The summed E-state index contributed by atoms with van der Waals surface area (Å²) in [6.07, 6.45) is 0.954. The first-order chi connectivity index (χ1) is 9.38. The highest BCUT2D eigenvalue weighted by Gasteiger charge is 2.05. The highest BCUT2D eigenvalue weighted by molar-refractivity contribution is 5.89. The van der Waals surface area contributed by atoms with Gasteiger partial charge in [0.2, 0.25) is 0 Å². The van der Waals surface area contributed by atoms with Crippen molar-refractivity contribution in [3.63, 3.8) is 0 Å². The van der Waals surface area contributed by atoms with Gasteiger partial charge in [0.15, 0.2) is 0 Å². The Labute approximate surface area is 113 Å². The molecule has 0 atom stereocenters. The van der Waals surface area contributed by atoms with Crippen molar-refractivity contribution in [3.8, 4) is 0 Å². The Kier molecular flexibility index (Phi) is 3.30. The number of fused-ring (bicyclic) bond motifs is 1. The van der Waals surface area contributed by atoms with Crippen molar-refractivity contribution < 1.29 is 0 Å². The monoisotopic (exact) mass is 247 g/mol. The van der Waals surface area contributed by atoms with Crippen LogP contribution in [0.15, 0.2) is 66.7 Å². The normalized spacial score (nSPS) is 10.8. The molecule has 3 aromatic carbocycles. The zero-order chi connectivity index (χ0) is 13.1. The Balaban J connectivity index is 2.13. The second kappa shape index (κ2) is 5.25. The standard InChI is InChI=1S/C18H17N/c19-13-17-11-5-9-15-8-4-10-16(18(15)17)12-14-6-2-1-3-7-14/h1-11H,12-13,19H2. The summed E-state index contributed by atoms with van der Waals surface area (Å²) in [4.78, 5) is 0. The Hall–Kier alpha value is -2.12. The molecule has 1 nitrogen and oxygen atoms in total. The predicted octanol–water partition coefficient (Wildman–Crippen LogP) is 3.89. The maximum absolute atomic E-state index is 5.88. The van der Waals surface area contributed by atoms with Crippen LogP contribution in [-0.4, -0.2) is 0 Å². The second-order valence-electron chi connectivity index (χ2n) is 4.80. The minimum absolute atomic E-state index is 0.586. The summed E-state index contributed by atoms with van der Waals surface area (Å²) in [5, 5.41) is 2.59. The number of nitrogens with two attached hydrogens (primary N) is 1. The molecule has 19 heavy (non-hydrogen) atoms. The maximum atomic E-state index is 5.88. The van der Waals surface area contributed by atoms with Crippen molar-refractivity contribution in [2.24, 2.45) is 5.73 Å². The molecule has 0 saturated carbocycles.